The molecule has 0 bridgehead atoms. The van der Waals surface area contributed by atoms with Gasteiger partial charge in [0.15, 0.2) is 0 Å². The summed E-state index contributed by atoms with van der Waals surface area (Å²) in [5, 5.41) is 3.28. The zero-order valence-corrected chi connectivity index (χ0v) is 12.0. The van der Waals surface area contributed by atoms with Gasteiger partial charge < -0.3 is 5.32 Å². The van der Waals surface area contributed by atoms with Crippen LogP contribution in [-0.2, 0) is 0 Å². The van der Waals surface area contributed by atoms with Crippen LogP contribution in [0.5, 0.6) is 0 Å². The fourth-order valence-corrected chi connectivity index (χ4v) is 2.05. The van der Waals surface area contributed by atoms with E-state index in [0.29, 0.717) is 13.1 Å². The van der Waals surface area contributed by atoms with Crippen LogP contribution in [0, 0.1) is 5.41 Å². The third-order valence-electron chi connectivity index (χ3n) is 2.62. The number of alkyl halides is 3. The van der Waals surface area contributed by atoms with Crippen LogP contribution >= 0.6 is 0 Å². The van der Waals surface area contributed by atoms with Crippen LogP contribution in [0.3, 0.4) is 0 Å². The second-order valence-corrected chi connectivity index (χ2v) is 5.67. The predicted molar refractivity (Wildman–Crippen MR) is 69.7 cm³/mol. The van der Waals surface area contributed by atoms with E-state index < -0.39 is 12.7 Å². The summed E-state index contributed by atoms with van der Waals surface area (Å²) in [6.45, 7) is 9.82. The highest BCUT2D eigenvalue weighted by molar-refractivity contribution is 4.77. The molecule has 0 fully saturated rings. The van der Waals surface area contributed by atoms with Gasteiger partial charge in [-0.15, -0.1) is 0 Å². The molecule has 18 heavy (non-hydrogen) atoms. The molecule has 0 atom stereocenters. The average molecular weight is 268 g/mol. The van der Waals surface area contributed by atoms with Gasteiger partial charge in [0.1, 0.15) is 0 Å². The fourth-order valence-electron chi connectivity index (χ4n) is 2.05. The summed E-state index contributed by atoms with van der Waals surface area (Å²) in [6.07, 6.45) is -2.33. The largest absolute Gasteiger partial charge is 0.401 e. The standard InChI is InChI=1S/C13H27F3N2/c1-5-7-17-9-12(3,4)10-18(8-6-2)11-13(14,15)16/h17H,5-11H2,1-4H3. The van der Waals surface area contributed by atoms with Gasteiger partial charge in [0.2, 0.25) is 0 Å². The van der Waals surface area contributed by atoms with E-state index in [9.17, 15) is 13.2 Å². The minimum absolute atomic E-state index is 0.143. The summed E-state index contributed by atoms with van der Waals surface area (Å²) in [4.78, 5) is 1.51. The molecule has 0 aromatic rings. The second-order valence-electron chi connectivity index (χ2n) is 5.67. The summed E-state index contributed by atoms with van der Waals surface area (Å²) in [6, 6.07) is 0. The van der Waals surface area contributed by atoms with Crippen LogP contribution < -0.4 is 5.32 Å². The van der Waals surface area contributed by atoms with E-state index >= 15 is 0 Å². The third kappa shape index (κ3) is 9.71. The Kier molecular flexibility index (Phi) is 7.87. The number of hydrogen-bond acceptors (Lipinski definition) is 2. The summed E-state index contributed by atoms with van der Waals surface area (Å²) in [5.74, 6) is 0. The molecule has 0 spiro atoms. The fraction of sp³-hybridized carbons (Fsp3) is 1.00. The van der Waals surface area contributed by atoms with E-state index in [0.717, 1.165) is 25.9 Å². The lowest BCUT2D eigenvalue weighted by Crippen LogP contribution is -2.44. The van der Waals surface area contributed by atoms with Gasteiger partial charge in [-0.2, -0.15) is 13.2 Å². The Hall–Kier alpha value is -0.290. The number of rotatable bonds is 9. The Morgan fingerprint density at radius 3 is 2.06 bits per heavy atom. The molecule has 0 saturated heterocycles. The van der Waals surface area contributed by atoms with Crippen molar-refractivity contribution in [3.63, 3.8) is 0 Å². The molecule has 0 heterocycles. The van der Waals surface area contributed by atoms with E-state index in [1.807, 2.05) is 20.8 Å². The van der Waals surface area contributed by atoms with Gasteiger partial charge in [-0.3, -0.25) is 4.90 Å². The molecule has 0 radical (unpaired) electrons. The lowest BCUT2D eigenvalue weighted by molar-refractivity contribution is -0.148. The van der Waals surface area contributed by atoms with E-state index in [1.165, 1.54) is 4.90 Å². The van der Waals surface area contributed by atoms with Gasteiger partial charge in [-0.25, -0.2) is 0 Å². The Balaban J connectivity index is 4.27. The van der Waals surface area contributed by atoms with Crippen molar-refractivity contribution in [1.82, 2.24) is 10.2 Å². The van der Waals surface area contributed by atoms with Crippen LogP contribution in [-0.4, -0.2) is 43.8 Å². The van der Waals surface area contributed by atoms with Gasteiger partial charge in [-0.1, -0.05) is 27.7 Å². The first-order valence-electron chi connectivity index (χ1n) is 6.70. The maximum absolute atomic E-state index is 12.5. The number of halogens is 3. The number of nitrogens with zero attached hydrogens (tertiary/aromatic N) is 1. The van der Waals surface area contributed by atoms with Gasteiger partial charge in [0, 0.05) is 13.1 Å². The zero-order chi connectivity index (χ0) is 14.2. The molecular weight excluding hydrogens is 241 g/mol. The lowest BCUT2D eigenvalue weighted by atomic mass is 9.92. The minimum Gasteiger partial charge on any atom is -0.316 e. The molecular formula is C13H27F3N2. The lowest BCUT2D eigenvalue weighted by Gasteiger charge is -2.33. The molecule has 0 saturated carbocycles. The highest BCUT2D eigenvalue weighted by Gasteiger charge is 2.32. The molecule has 0 aromatic heterocycles. The van der Waals surface area contributed by atoms with E-state index in [2.05, 4.69) is 12.2 Å². The van der Waals surface area contributed by atoms with Crippen LogP contribution in [0.1, 0.15) is 40.5 Å². The van der Waals surface area contributed by atoms with Crippen molar-refractivity contribution in [3.05, 3.63) is 0 Å². The monoisotopic (exact) mass is 268 g/mol. The van der Waals surface area contributed by atoms with Gasteiger partial charge >= 0.3 is 6.18 Å². The molecule has 5 heteroatoms. The normalized spacial score (nSPS) is 13.3. The molecule has 0 aliphatic rings. The van der Waals surface area contributed by atoms with Gasteiger partial charge in [0.25, 0.3) is 0 Å². The minimum atomic E-state index is -4.11. The topological polar surface area (TPSA) is 15.3 Å². The van der Waals surface area contributed by atoms with Crippen LogP contribution in [0.25, 0.3) is 0 Å². The van der Waals surface area contributed by atoms with Crippen molar-refractivity contribution < 1.29 is 13.2 Å². The Labute approximate surface area is 109 Å². The Morgan fingerprint density at radius 2 is 1.61 bits per heavy atom. The number of nitrogens with one attached hydrogen (secondary N) is 1. The van der Waals surface area contributed by atoms with Crippen LogP contribution in [0.4, 0.5) is 13.2 Å². The maximum Gasteiger partial charge on any atom is 0.401 e. The van der Waals surface area contributed by atoms with E-state index in [1.54, 1.807) is 0 Å². The second kappa shape index (κ2) is 8.00. The van der Waals surface area contributed by atoms with Crippen LogP contribution in [0.2, 0.25) is 0 Å². The highest BCUT2D eigenvalue weighted by Crippen LogP contribution is 2.21. The molecule has 0 aliphatic carbocycles. The third-order valence-corrected chi connectivity index (χ3v) is 2.62. The van der Waals surface area contributed by atoms with E-state index in [-0.39, 0.29) is 5.41 Å². The Morgan fingerprint density at radius 1 is 1.00 bits per heavy atom. The van der Waals surface area contributed by atoms with Crippen molar-refractivity contribution in [3.8, 4) is 0 Å². The summed E-state index contributed by atoms with van der Waals surface area (Å²) < 4.78 is 37.4. The quantitative estimate of drug-likeness (QED) is 0.646. The summed E-state index contributed by atoms with van der Waals surface area (Å²) in [7, 11) is 0. The SMILES string of the molecule is CCCNCC(C)(C)CN(CCC)CC(F)(F)F. The average Bonchev–Trinajstić information content (AvgIpc) is 2.14. The van der Waals surface area contributed by atoms with Gasteiger partial charge in [-0.05, 0) is 31.3 Å². The zero-order valence-electron chi connectivity index (χ0n) is 12.0. The van der Waals surface area contributed by atoms with E-state index in [4.69, 9.17) is 0 Å². The Bertz CT molecular complexity index is 215. The maximum atomic E-state index is 12.5. The summed E-state index contributed by atoms with van der Waals surface area (Å²) >= 11 is 0. The van der Waals surface area contributed by atoms with Crippen molar-refractivity contribution in [2.24, 2.45) is 5.41 Å². The number of hydrogen-bond donors (Lipinski definition) is 1. The van der Waals surface area contributed by atoms with Crippen molar-refractivity contribution in [1.29, 1.82) is 0 Å². The van der Waals surface area contributed by atoms with Crippen molar-refractivity contribution in [2.45, 2.75) is 46.7 Å². The van der Waals surface area contributed by atoms with Crippen LogP contribution in [0.15, 0.2) is 0 Å². The molecule has 0 rings (SSSR count). The molecule has 0 unspecified atom stereocenters. The molecule has 0 amide bonds. The first-order valence-corrected chi connectivity index (χ1v) is 6.70. The first kappa shape index (κ1) is 17.7. The molecule has 2 nitrogen and oxygen atoms in total. The molecule has 0 aliphatic heterocycles. The summed E-state index contributed by atoms with van der Waals surface area (Å²) in [5.41, 5.74) is -0.143. The molecule has 0 aromatic carbocycles. The molecule has 1 N–H and O–H groups in total. The van der Waals surface area contributed by atoms with Crippen molar-refractivity contribution in [2.75, 3.05) is 32.7 Å². The smallest absolute Gasteiger partial charge is 0.316 e. The first-order chi connectivity index (χ1) is 8.20. The predicted octanol–water partition coefficient (Wildman–Crippen LogP) is 3.29. The van der Waals surface area contributed by atoms with Crippen molar-refractivity contribution >= 4 is 0 Å². The highest BCUT2D eigenvalue weighted by atomic mass is 19.4. The molecule has 110 valence electrons. The van der Waals surface area contributed by atoms with Gasteiger partial charge in [0.05, 0.1) is 6.54 Å².